The van der Waals surface area contributed by atoms with E-state index in [0.717, 1.165) is 24.1 Å². The van der Waals surface area contributed by atoms with E-state index >= 15 is 0 Å². The lowest BCUT2D eigenvalue weighted by Gasteiger charge is -2.08. The topological polar surface area (TPSA) is 64.3 Å². The minimum absolute atomic E-state index is 0.0326. The van der Waals surface area contributed by atoms with E-state index in [1.165, 1.54) is 0 Å². The van der Waals surface area contributed by atoms with Crippen LogP contribution in [0.5, 0.6) is 0 Å². The van der Waals surface area contributed by atoms with Gasteiger partial charge in [0.15, 0.2) is 0 Å². The molecule has 0 spiro atoms. The van der Waals surface area contributed by atoms with Gasteiger partial charge in [0.1, 0.15) is 0 Å². The van der Waals surface area contributed by atoms with Gasteiger partial charge in [-0.15, -0.1) is 0 Å². The standard InChI is InChI=1S/C14H22N2O2/c1-11(15)5-3-8-14(17)16-13-7-4-6-12(9-13)10-18-2/h4,6-7,9,11H,3,5,8,10,15H2,1-2H3,(H,16,17). The first-order chi connectivity index (χ1) is 8.61. The molecule has 0 saturated heterocycles. The summed E-state index contributed by atoms with van der Waals surface area (Å²) in [5, 5.41) is 2.88. The Morgan fingerprint density at radius 3 is 2.94 bits per heavy atom. The van der Waals surface area contributed by atoms with Crippen molar-refractivity contribution in [1.82, 2.24) is 0 Å². The minimum atomic E-state index is 0.0326. The smallest absolute Gasteiger partial charge is 0.224 e. The SMILES string of the molecule is COCc1cccc(NC(=O)CCCC(C)N)c1. The summed E-state index contributed by atoms with van der Waals surface area (Å²) < 4.78 is 5.05. The van der Waals surface area contributed by atoms with E-state index in [4.69, 9.17) is 10.5 Å². The van der Waals surface area contributed by atoms with Gasteiger partial charge in [0.05, 0.1) is 6.61 Å². The quantitative estimate of drug-likeness (QED) is 0.780. The Bertz CT molecular complexity index is 378. The predicted molar refractivity (Wildman–Crippen MR) is 73.3 cm³/mol. The second-order valence-electron chi connectivity index (χ2n) is 4.55. The summed E-state index contributed by atoms with van der Waals surface area (Å²) in [6.45, 7) is 2.50. The summed E-state index contributed by atoms with van der Waals surface area (Å²) >= 11 is 0. The van der Waals surface area contributed by atoms with Gasteiger partial charge in [0.25, 0.3) is 0 Å². The molecule has 3 N–H and O–H groups in total. The lowest BCUT2D eigenvalue weighted by Crippen LogP contribution is -2.16. The molecule has 0 heterocycles. The zero-order valence-electron chi connectivity index (χ0n) is 11.1. The van der Waals surface area contributed by atoms with E-state index in [1.54, 1.807) is 7.11 Å². The number of hydrogen-bond donors (Lipinski definition) is 2. The van der Waals surface area contributed by atoms with Crippen LogP contribution in [0.1, 0.15) is 31.7 Å². The molecule has 1 unspecified atom stereocenters. The summed E-state index contributed by atoms with van der Waals surface area (Å²) in [4.78, 5) is 11.7. The fourth-order valence-electron chi connectivity index (χ4n) is 1.71. The van der Waals surface area contributed by atoms with Crippen molar-refractivity contribution in [1.29, 1.82) is 0 Å². The Labute approximate surface area is 109 Å². The van der Waals surface area contributed by atoms with Crippen molar-refractivity contribution in [2.45, 2.75) is 38.8 Å². The minimum Gasteiger partial charge on any atom is -0.380 e. The zero-order chi connectivity index (χ0) is 13.4. The molecular weight excluding hydrogens is 228 g/mol. The summed E-state index contributed by atoms with van der Waals surface area (Å²) in [6, 6.07) is 7.83. The highest BCUT2D eigenvalue weighted by atomic mass is 16.5. The van der Waals surface area contributed by atoms with Crippen LogP contribution in [0.3, 0.4) is 0 Å². The van der Waals surface area contributed by atoms with E-state index in [-0.39, 0.29) is 11.9 Å². The van der Waals surface area contributed by atoms with Crippen LogP contribution in [-0.4, -0.2) is 19.1 Å². The molecule has 1 rings (SSSR count). The van der Waals surface area contributed by atoms with Crippen LogP contribution in [0.25, 0.3) is 0 Å². The fourth-order valence-corrected chi connectivity index (χ4v) is 1.71. The molecule has 0 bridgehead atoms. The Hall–Kier alpha value is -1.39. The average Bonchev–Trinajstić information content (AvgIpc) is 2.29. The molecule has 0 saturated carbocycles. The molecule has 0 aromatic heterocycles. The van der Waals surface area contributed by atoms with Crippen LogP contribution in [-0.2, 0) is 16.1 Å². The van der Waals surface area contributed by atoms with E-state index in [9.17, 15) is 4.79 Å². The highest BCUT2D eigenvalue weighted by molar-refractivity contribution is 5.90. The lowest BCUT2D eigenvalue weighted by atomic mass is 10.1. The third kappa shape index (κ3) is 5.80. The molecular formula is C14H22N2O2. The molecule has 4 heteroatoms. The van der Waals surface area contributed by atoms with Crippen molar-refractivity contribution in [3.8, 4) is 0 Å². The average molecular weight is 250 g/mol. The maximum Gasteiger partial charge on any atom is 0.224 e. The molecule has 0 aliphatic rings. The van der Waals surface area contributed by atoms with Gasteiger partial charge in [-0.3, -0.25) is 4.79 Å². The number of nitrogens with one attached hydrogen (secondary N) is 1. The number of hydrogen-bond acceptors (Lipinski definition) is 3. The maximum absolute atomic E-state index is 11.7. The van der Waals surface area contributed by atoms with E-state index in [0.29, 0.717) is 13.0 Å². The van der Waals surface area contributed by atoms with Crippen molar-refractivity contribution in [3.05, 3.63) is 29.8 Å². The highest BCUT2D eigenvalue weighted by Gasteiger charge is 2.04. The third-order valence-electron chi connectivity index (χ3n) is 2.59. The summed E-state index contributed by atoms with van der Waals surface area (Å²) in [5.41, 5.74) is 7.50. The molecule has 0 aliphatic carbocycles. The number of ether oxygens (including phenoxy) is 1. The second kappa shape index (κ2) is 7.84. The van der Waals surface area contributed by atoms with E-state index in [2.05, 4.69) is 5.32 Å². The third-order valence-corrected chi connectivity index (χ3v) is 2.59. The molecule has 18 heavy (non-hydrogen) atoms. The molecule has 0 fully saturated rings. The van der Waals surface area contributed by atoms with Crippen molar-refractivity contribution >= 4 is 11.6 Å². The number of nitrogens with two attached hydrogens (primary N) is 1. The van der Waals surface area contributed by atoms with Gasteiger partial charge in [-0.25, -0.2) is 0 Å². The molecule has 4 nitrogen and oxygen atoms in total. The molecule has 1 atom stereocenters. The number of anilines is 1. The van der Waals surface area contributed by atoms with Gasteiger partial charge in [0, 0.05) is 25.3 Å². The summed E-state index contributed by atoms with van der Waals surface area (Å²) in [5.74, 6) is 0.0326. The van der Waals surface area contributed by atoms with Gasteiger partial charge in [-0.05, 0) is 37.5 Å². The van der Waals surface area contributed by atoms with Crippen LogP contribution in [0.4, 0.5) is 5.69 Å². The van der Waals surface area contributed by atoms with Crippen molar-refractivity contribution in [2.24, 2.45) is 5.73 Å². The van der Waals surface area contributed by atoms with E-state index < -0.39 is 0 Å². The molecule has 0 aliphatic heterocycles. The first kappa shape index (κ1) is 14.7. The predicted octanol–water partition coefficient (Wildman–Crippen LogP) is 2.29. The molecule has 1 amide bonds. The first-order valence-electron chi connectivity index (χ1n) is 6.25. The van der Waals surface area contributed by atoms with Gasteiger partial charge < -0.3 is 15.8 Å². The Morgan fingerprint density at radius 1 is 1.50 bits per heavy atom. The Morgan fingerprint density at radius 2 is 2.28 bits per heavy atom. The number of methoxy groups -OCH3 is 1. The Balaban J connectivity index is 2.41. The lowest BCUT2D eigenvalue weighted by molar-refractivity contribution is -0.116. The van der Waals surface area contributed by atoms with Crippen LogP contribution in [0, 0.1) is 0 Å². The highest BCUT2D eigenvalue weighted by Crippen LogP contribution is 2.12. The first-order valence-corrected chi connectivity index (χ1v) is 6.25. The Kier molecular flexibility index (Phi) is 6.39. The van der Waals surface area contributed by atoms with Gasteiger partial charge in [0.2, 0.25) is 5.91 Å². The van der Waals surface area contributed by atoms with Gasteiger partial charge in [-0.2, -0.15) is 0 Å². The number of benzene rings is 1. The van der Waals surface area contributed by atoms with E-state index in [1.807, 2.05) is 31.2 Å². The van der Waals surface area contributed by atoms with Crippen molar-refractivity contribution < 1.29 is 9.53 Å². The monoisotopic (exact) mass is 250 g/mol. The molecule has 0 radical (unpaired) electrons. The van der Waals surface area contributed by atoms with Crippen LogP contribution in [0.2, 0.25) is 0 Å². The number of carbonyl (C=O) groups excluding carboxylic acids is 1. The number of amides is 1. The molecule has 1 aromatic carbocycles. The maximum atomic E-state index is 11.7. The second-order valence-corrected chi connectivity index (χ2v) is 4.55. The normalized spacial score (nSPS) is 12.2. The summed E-state index contributed by atoms with van der Waals surface area (Å²) in [6.07, 6.45) is 2.20. The number of rotatable bonds is 7. The van der Waals surface area contributed by atoms with Gasteiger partial charge in [-0.1, -0.05) is 12.1 Å². The molecule has 100 valence electrons. The molecule has 1 aromatic rings. The summed E-state index contributed by atoms with van der Waals surface area (Å²) in [7, 11) is 1.65. The number of carbonyl (C=O) groups is 1. The largest absolute Gasteiger partial charge is 0.380 e. The van der Waals surface area contributed by atoms with Crippen molar-refractivity contribution in [3.63, 3.8) is 0 Å². The fraction of sp³-hybridized carbons (Fsp3) is 0.500. The van der Waals surface area contributed by atoms with Crippen LogP contribution >= 0.6 is 0 Å². The zero-order valence-corrected chi connectivity index (χ0v) is 11.1. The van der Waals surface area contributed by atoms with Crippen LogP contribution < -0.4 is 11.1 Å². The van der Waals surface area contributed by atoms with Crippen LogP contribution in [0.15, 0.2) is 24.3 Å². The van der Waals surface area contributed by atoms with Gasteiger partial charge >= 0.3 is 0 Å². The van der Waals surface area contributed by atoms with Crippen molar-refractivity contribution in [2.75, 3.05) is 12.4 Å².